The molecule has 1 aromatic carbocycles. The van der Waals surface area contributed by atoms with Crippen LogP contribution in [0, 0.1) is 6.92 Å². The van der Waals surface area contributed by atoms with E-state index >= 15 is 0 Å². The van der Waals surface area contributed by atoms with Gasteiger partial charge in [0.15, 0.2) is 5.82 Å². The minimum Gasteiger partial charge on any atom is -0.444 e. The van der Waals surface area contributed by atoms with E-state index in [4.69, 9.17) is 8.94 Å². The molecule has 3 rings (SSSR count). The zero-order valence-electron chi connectivity index (χ0n) is 10.3. The number of hydrogen-bond acceptors (Lipinski definition) is 6. The van der Waals surface area contributed by atoms with Gasteiger partial charge in [0.05, 0.1) is 12.2 Å². The highest BCUT2D eigenvalue weighted by Crippen LogP contribution is 2.18. The van der Waals surface area contributed by atoms with Gasteiger partial charge in [0.25, 0.3) is 0 Å². The molecule has 0 unspecified atom stereocenters. The number of anilines is 1. The van der Waals surface area contributed by atoms with Gasteiger partial charge in [0.2, 0.25) is 5.89 Å². The molecular formula is C13H12N4O2. The molecule has 2 heterocycles. The first kappa shape index (κ1) is 11.5. The zero-order valence-corrected chi connectivity index (χ0v) is 10.3. The number of aromatic nitrogens is 3. The van der Waals surface area contributed by atoms with E-state index in [1.807, 2.05) is 30.3 Å². The average Bonchev–Trinajstić information content (AvgIpc) is 3.06. The van der Waals surface area contributed by atoms with E-state index in [1.54, 1.807) is 13.2 Å². The molecule has 0 radical (unpaired) electrons. The van der Waals surface area contributed by atoms with Crippen LogP contribution in [0.3, 0.4) is 0 Å². The fourth-order valence-electron chi connectivity index (χ4n) is 1.64. The first-order chi connectivity index (χ1) is 9.31. The fraction of sp³-hybridized carbons (Fsp3) is 0.154. The minimum absolute atomic E-state index is 0.377. The lowest BCUT2D eigenvalue weighted by Gasteiger charge is -1.95. The summed E-state index contributed by atoms with van der Waals surface area (Å²) in [7, 11) is 0. The molecule has 6 nitrogen and oxygen atoms in total. The van der Waals surface area contributed by atoms with Crippen LogP contribution in [0.5, 0.6) is 0 Å². The summed E-state index contributed by atoms with van der Waals surface area (Å²) < 4.78 is 10.4. The summed E-state index contributed by atoms with van der Waals surface area (Å²) in [5.41, 5.74) is 1.72. The molecule has 1 N–H and O–H groups in total. The minimum atomic E-state index is 0.377. The Balaban J connectivity index is 1.68. The SMILES string of the molecule is Cc1noc(NCc2coc(-c3ccccc3)n2)n1. The Morgan fingerprint density at radius 1 is 1.16 bits per heavy atom. The molecule has 0 aliphatic rings. The van der Waals surface area contributed by atoms with Crippen molar-refractivity contribution in [2.75, 3.05) is 5.32 Å². The van der Waals surface area contributed by atoms with Crippen molar-refractivity contribution in [3.05, 3.63) is 48.1 Å². The van der Waals surface area contributed by atoms with Gasteiger partial charge in [-0.2, -0.15) is 4.98 Å². The maximum atomic E-state index is 5.43. The number of rotatable bonds is 4. The quantitative estimate of drug-likeness (QED) is 0.773. The summed E-state index contributed by atoms with van der Waals surface area (Å²) >= 11 is 0. The third-order valence-electron chi connectivity index (χ3n) is 2.52. The van der Waals surface area contributed by atoms with E-state index in [0.29, 0.717) is 24.3 Å². The number of nitrogens with zero attached hydrogens (tertiary/aromatic N) is 3. The molecule has 0 bridgehead atoms. The van der Waals surface area contributed by atoms with Crippen LogP contribution in [-0.2, 0) is 6.54 Å². The standard InChI is InChI=1S/C13H12N4O2/c1-9-15-13(19-17-9)14-7-11-8-18-12(16-11)10-5-3-2-4-6-10/h2-6,8H,7H2,1H3,(H,14,15,17). The predicted molar refractivity (Wildman–Crippen MR) is 68.3 cm³/mol. The highest BCUT2D eigenvalue weighted by molar-refractivity contribution is 5.52. The molecule has 0 amide bonds. The molecule has 2 aromatic heterocycles. The van der Waals surface area contributed by atoms with Gasteiger partial charge < -0.3 is 14.3 Å². The Labute approximate surface area is 109 Å². The van der Waals surface area contributed by atoms with Gasteiger partial charge in [-0.1, -0.05) is 23.4 Å². The molecule has 6 heteroatoms. The summed E-state index contributed by atoms with van der Waals surface area (Å²) in [6, 6.07) is 10.1. The molecule has 19 heavy (non-hydrogen) atoms. The van der Waals surface area contributed by atoms with Gasteiger partial charge in [0.1, 0.15) is 6.26 Å². The van der Waals surface area contributed by atoms with Gasteiger partial charge in [-0.05, 0) is 19.1 Å². The second-order valence-electron chi connectivity index (χ2n) is 4.01. The highest BCUT2D eigenvalue weighted by Gasteiger charge is 2.07. The Morgan fingerprint density at radius 2 is 2.00 bits per heavy atom. The summed E-state index contributed by atoms with van der Waals surface area (Å²) in [5.74, 6) is 1.19. The molecular weight excluding hydrogens is 244 g/mol. The second-order valence-corrected chi connectivity index (χ2v) is 4.01. The van der Waals surface area contributed by atoms with E-state index in [2.05, 4.69) is 20.4 Å². The van der Waals surface area contributed by atoms with Gasteiger partial charge in [-0.3, -0.25) is 0 Å². The van der Waals surface area contributed by atoms with Gasteiger partial charge in [-0.15, -0.1) is 0 Å². The van der Waals surface area contributed by atoms with Crippen LogP contribution in [0.25, 0.3) is 11.5 Å². The molecule has 0 saturated heterocycles. The van der Waals surface area contributed by atoms with Crippen LogP contribution in [0.15, 0.2) is 45.5 Å². The van der Waals surface area contributed by atoms with Crippen molar-refractivity contribution >= 4 is 6.01 Å². The van der Waals surface area contributed by atoms with Crippen molar-refractivity contribution < 1.29 is 8.94 Å². The van der Waals surface area contributed by atoms with E-state index in [1.165, 1.54) is 0 Å². The van der Waals surface area contributed by atoms with E-state index < -0.39 is 0 Å². The van der Waals surface area contributed by atoms with Crippen LogP contribution >= 0.6 is 0 Å². The van der Waals surface area contributed by atoms with Crippen molar-refractivity contribution in [3.8, 4) is 11.5 Å². The third kappa shape index (κ3) is 2.62. The Morgan fingerprint density at radius 3 is 2.74 bits per heavy atom. The summed E-state index contributed by atoms with van der Waals surface area (Å²) in [4.78, 5) is 8.43. The molecule has 3 aromatic rings. The van der Waals surface area contributed by atoms with E-state index in [9.17, 15) is 0 Å². The van der Waals surface area contributed by atoms with E-state index in [0.717, 1.165) is 11.3 Å². The lowest BCUT2D eigenvalue weighted by atomic mass is 10.2. The van der Waals surface area contributed by atoms with Crippen molar-refractivity contribution in [1.29, 1.82) is 0 Å². The lowest BCUT2D eigenvalue weighted by molar-refractivity contribution is 0.425. The van der Waals surface area contributed by atoms with Crippen LogP contribution < -0.4 is 5.32 Å². The largest absolute Gasteiger partial charge is 0.444 e. The third-order valence-corrected chi connectivity index (χ3v) is 2.52. The molecule has 0 spiro atoms. The van der Waals surface area contributed by atoms with Gasteiger partial charge in [-0.25, -0.2) is 4.98 Å². The summed E-state index contributed by atoms with van der Waals surface area (Å²) in [6.45, 7) is 2.23. The molecule has 0 saturated carbocycles. The van der Waals surface area contributed by atoms with Crippen LogP contribution in [-0.4, -0.2) is 15.1 Å². The second kappa shape index (κ2) is 4.93. The molecule has 0 atom stereocenters. The number of nitrogens with one attached hydrogen (secondary N) is 1. The predicted octanol–water partition coefficient (Wildman–Crippen LogP) is 2.65. The summed E-state index contributed by atoms with van der Waals surface area (Å²) in [5, 5.41) is 6.67. The van der Waals surface area contributed by atoms with Crippen LogP contribution in [0.4, 0.5) is 6.01 Å². The summed E-state index contributed by atoms with van der Waals surface area (Å²) in [6.07, 6.45) is 1.61. The van der Waals surface area contributed by atoms with Gasteiger partial charge in [0, 0.05) is 5.56 Å². The zero-order chi connectivity index (χ0) is 13.1. The Kier molecular flexibility index (Phi) is 2.97. The van der Waals surface area contributed by atoms with Crippen molar-refractivity contribution in [1.82, 2.24) is 15.1 Å². The average molecular weight is 256 g/mol. The molecule has 0 fully saturated rings. The maximum Gasteiger partial charge on any atom is 0.321 e. The number of benzene rings is 1. The Bertz CT molecular complexity index is 660. The maximum absolute atomic E-state index is 5.43. The van der Waals surface area contributed by atoms with Crippen molar-refractivity contribution in [2.24, 2.45) is 0 Å². The number of hydrogen-bond donors (Lipinski definition) is 1. The van der Waals surface area contributed by atoms with Crippen molar-refractivity contribution in [3.63, 3.8) is 0 Å². The first-order valence-electron chi connectivity index (χ1n) is 5.85. The number of oxazole rings is 1. The normalized spacial score (nSPS) is 10.6. The van der Waals surface area contributed by atoms with E-state index in [-0.39, 0.29) is 0 Å². The topological polar surface area (TPSA) is 77.0 Å². The molecule has 0 aliphatic carbocycles. The smallest absolute Gasteiger partial charge is 0.321 e. The Hall–Kier alpha value is -2.63. The first-order valence-corrected chi connectivity index (χ1v) is 5.85. The van der Waals surface area contributed by atoms with Crippen LogP contribution in [0.2, 0.25) is 0 Å². The van der Waals surface area contributed by atoms with Crippen LogP contribution in [0.1, 0.15) is 11.5 Å². The monoisotopic (exact) mass is 256 g/mol. The fourth-order valence-corrected chi connectivity index (χ4v) is 1.64. The van der Waals surface area contributed by atoms with Crippen molar-refractivity contribution in [2.45, 2.75) is 13.5 Å². The highest BCUT2D eigenvalue weighted by atomic mass is 16.5. The molecule has 0 aliphatic heterocycles. The molecule has 96 valence electrons. The lowest BCUT2D eigenvalue weighted by Crippen LogP contribution is -1.99. The van der Waals surface area contributed by atoms with Gasteiger partial charge >= 0.3 is 6.01 Å². The number of aryl methyl sites for hydroxylation is 1.